The smallest absolute Gasteiger partial charge is 0.245 e. The molecule has 0 atom stereocenters. The molecule has 0 saturated heterocycles. The largest absolute Gasteiger partial charge is 0.284 e. The first kappa shape index (κ1) is 8.62. The van der Waals surface area contributed by atoms with Crippen molar-refractivity contribution in [2.24, 2.45) is 10.1 Å². The third-order valence-electron chi connectivity index (χ3n) is 1.87. The lowest BCUT2D eigenvalue weighted by Crippen LogP contribution is -2.21. The van der Waals surface area contributed by atoms with Gasteiger partial charge >= 0.3 is 0 Å². The molecule has 0 radical (unpaired) electrons. The molecule has 0 aromatic heterocycles. The maximum atomic E-state index is 11.4. The summed E-state index contributed by atoms with van der Waals surface area (Å²) in [5.41, 5.74) is 3.78. The average molecular weight is 187 g/mol. The van der Waals surface area contributed by atoms with Crippen molar-refractivity contribution in [1.29, 1.82) is 0 Å². The number of ketones is 1. The molecule has 0 saturated carbocycles. The van der Waals surface area contributed by atoms with E-state index in [0.717, 1.165) is 5.69 Å². The first-order valence-corrected chi connectivity index (χ1v) is 4.26. The molecule has 1 aliphatic rings. The van der Waals surface area contributed by atoms with Crippen molar-refractivity contribution in [2.45, 2.75) is 6.92 Å². The van der Waals surface area contributed by atoms with Crippen LogP contribution < -0.4 is 5.43 Å². The number of hydrazone groups is 1. The standard InChI is InChI=1S/C10H9N3O/c1-7-9(14)10(13-12-7)11-8-5-3-2-4-6-8/h2-6H,1H3,(H,11,13,14). The topological polar surface area (TPSA) is 53.8 Å². The summed E-state index contributed by atoms with van der Waals surface area (Å²) < 4.78 is 0. The minimum Gasteiger partial charge on any atom is -0.284 e. The van der Waals surface area contributed by atoms with Gasteiger partial charge in [-0.15, -0.1) is 0 Å². The van der Waals surface area contributed by atoms with Gasteiger partial charge in [-0.1, -0.05) is 18.2 Å². The van der Waals surface area contributed by atoms with Gasteiger partial charge in [-0.05, 0) is 19.1 Å². The Balaban J connectivity index is 2.26. The Kier molecular flexibility index (Phi) is 2.10. The van der Waals surface area contributed by atoms with Crippen molar-refractivity contribution in [3.05, 3.63) is 30.3 Å². The molecule has 0 spiro atoms. The van der Waals surface area contributed by atoms with Gasteiger partial charge in [0.25, 0.3) is 0 Å². The number of Topliss-reactive ketones (excluding diaryl/α,β-unsaturated/α-hetero) is 1. The summed E-state index contributed by atoms with van der Waals surface area (Å²) in [5, 5.41) is 3.78. The lowest BCUT2D eigenvalue weighted by molar-refractivity contribution is -0.107. The minimum absolute atomic E-state index is 0.145. The number of hydrogen-bond acceptors (Lipinski definition) is 3. The summed E-state index contributed by atoms with van der Waals surface area (Å²) in [6.45, 7) is 1.66. The number of amidine groups is 1. The first-order valence-electron chi connectivity index (χ1n) is 4.26. The van der Waals surface area contributed by atoms with Crippen LogP contribution in [0, 0.1) is 0 Å². The Morgan fingerprint density at radius 1 is 1.29 bits per heavy atom. The Labute approximate surface area is 81.4 Å². The van der Waals surface area contributed by atoms with E-state index in [1.165, 1.54) is 0 Å². The van der Waals surface area contributed by atoms with Crippen LogP contribution in [0.4, 0.5) is 5.69 Å². The third-order valence-corrected chi connectivity index (χ3v) is 1.87. The van der Waals surface area contributed by atoms with Crippen LogP contribution in [0.1, 0.15) is 6.92 Å². The lowest BCUT2D eigenvalue weighted by Gasteiger charge is -1.95. The van der Waals surface area contributed by atoms with Crippen LogP contribution in [0.3, 0.4) is 0 Å². The summed E-state index contributed by atoms with van der Waals surface area (Å²) in [5.74, 6) is 0.141. The highest BCUT2D eigenvalue weighted by molar-refractivity contribution is 6.67. The molecular formula is C10H9N3O. The Hall–Kier alpha value is -1.97. The molecular weight excluding hydrogens is 178 g/mol. The molecule has 0 unspecified atom stereocenters. The monoisotopic (exact) mass is 187 g/mol. The van der Waals surface area contributed by atoms with Gasteiger partial charge in [0, 0.05) is 0 Å². The van der Waals surface area contributed by atoms with Gasteiger partial charge in [-0.25, -0.2) is 4.99 Å². The second-order valence-corrected chi connectivity index (χ2v) is 2.93. The van der Waals surface area contributed by atoms with Gasteiger partial charge in [0.1, 0.15) is 5.71 Å². The SMILES string of the molecule is CC1=NNC(=Nc2ccccc2)C1=O. The van der Waals surface area contributed by atoms with Crippen molar-refractivity contribution in [3.8, 4) is 0 Å². The van der Waals surface area contributed by atoms with Crippen LogP contribution in [-0.4, -0.2) is 17.3 Å². The summed E-state index contributed by atoms with van der Waals surface area (Å²) in [6.07, 6.45) is 0. The minimum atomic E-state index is -0.145. The second-order valence-electron chi connectivity index (χ2n) is 2.93. The maximum Gasteiger partial charge on any atom is 0.245 e. The van der Waals surface area contributed by atoms with E-state index in [2.05, 4.69) is 15.5 Å². The first-order chi connectivity index (χ1) is 6.77. The number of benzene rings is 1. The molecule has 4 nitrogen and oxygen atoms in total. The number of aliphatic imine (C=N–C) groups is 1. The van der Waals surface area contributed by atoms with Gasteiger partial charge in [-0.3, -0.25) is 10.2 Å². The fourth-order valence-corrected chi connectivity index (χ4v) is 1.12. The van der Waals surface area contributed by atoms with Gasteiger partial charge in [0.15, 0.2) is 5.84 Å². The molecule has 1 aromatic carbocycles. The Morgan fingerprint density at radius 3 is 2.57 bits per heavy atom. The number of carbonyl (C=O) groups is 1. The van der Waals surface area contributed by atoms with Gasteiger partial charge in [-0.2, -0.15) is 5.10 Å². The van der Waals surface area contributed by atoms with Crippen LogP contribution in [0.2, 0.25) is 0 Å². The van der Waals surface area contributed by atoms with Crippen LogP contribution in [0.15, 0.2) is 40.4 Å². The van der Waals surface area contributed by atoms with E-state index in [4.69, 9.17) is 0 Å². The van der Waals surface area contributed by atoms with Crippen molar-refractivity contribution < 1.29 is 4.79 Å². The van der Waals surface area contributed by atoms with E-state index >= 15 is 0 Å². The number of para-hydroxylation sites is 1. The zero-order valence-corrected chi connectivity index (χ0v) is 7.69. The molecule has 14 heavy (non-hydrogen) atoms. The average Bonchev–Trinajstić information content (AvgIpc) is 2.52. The second kappa shape index (κ2) is 3.41. The lowest BCUT2D eigenvalue weighted by atomic mass is 10.2. The van der Waals surface area contributed by atoms with E-state index in [-0.39, 0.29) is 11.6 Å². The third kappa shape index (κ3) is 1.54. The van der Waals surface area contributed by atoms with Crippen molar-refractivity contribution >= 4 is 23.0 Å². The van der Waals surface area contributed by atoms with E-state index in [9.17, 15) is 4.79 Å². The van der Waals surface area contributed by atoms with E-state index in [0.29, 0.717) is 5.71 Å². The van der Waals surface area contributed by atoms with E-state index in [1.54, 1.807) is 6.92 Å². The molecule has 1 N–H and O–H groups in total. The van der Waals surface area contributed by atoms with Gasteiger partial charge in [0.05, 0.1) is 5.69 Å². The van der Waals surface area contributed by atoms with Crippen LogP contribution in [-0.2, 0) is 4.79 Å². The predicted molar refractivity (Wildman–Crippen MR) is 54.8 cm³/mol. The predicted octanol–water partition coefficient (Wildman–Crippen LogP) is 1.26. The van der Waals surface area contributed by atoms with E-state index in [1.807, 2.05) is 30.3 Å². The number of rotatable bonds is 1. The number of carbonyl (C=O) groups excluding carboxylic acids is 1. The highest BCUT2D eigenvalue weighted by Gasteiger charge is 2.20. The van der Waals surface area contributed by atoms with Crippen molar-refractivity contribution in [3.63, 3.8) is 0 Å². The number of nitrogens with one attached hydrogen (secondary N) is 1. The molecule has 0 bridgehead atoms. The summed E-state index contributed by atoms with van der Waals surface area (Å²) in [7, 11) is 0. The van der Waals surface area contributed by atoms with Crippen LogP contribution in [0.5, 0.6) is 0 Å². The molecule has 0 aliphatic carbocycles. The summed E-state index contributed by atoms with van der Waals surface area (Å²) in [6, 6.07) is 9.29. The quantitative estimate of drug-likeness (QED) is 0.719. The fraction of sp³-hybridized carbons (Fsp3) is 0.100. The fourth-order valence-electron chi connectivity index (χ4n) is 1.12. The molecule has 1 aromatic rings. The zero-order chi connectivity index (χ0) is 9.97. The van der Waals surface area contributed by atoms with Crippen LogP contribution in [0.25, 0.3) is 0 Å². The summed E-state index contributed by atoms with van der Waals surface area (Å²) in [4.78, 5) is 15.5. The Morgan fingerprint density at radius 2 is 2.00 bits per heavy atom. The molecule has 0 fully saturated rings. The normalized spacial score (nSPS) is 18.2. The Bertz CT molecular complexity index is 420. The molecule has 0 amide bonds. The van der Waals surface area contributed by atoms with Gasteiger partial charge < -0.3 is 0 Å². The molecule has 70 valence electrons. The molecule has 4 heteroatoms. The molecule has 1 heterocycles. The highest BCUT2D eigenvalue weighted by Crippen LogP contribution is 2.10. The summed E-state index contributed by atoms with van der Waals surface area (Å²) >= 11 is 0. The van der Waals surface area contributed by atoms with Crippen molar-refractivity contribution in [2.75, 3.05) is 0 Å². The number of hydrogen-bond donors (Lipinski definition) is 1. The van der Waals surface area contributed by atoms with Crippen molar-refractivity contribution in [1.82, 2.24) is 5.43 Å². The molecule has 2 rings (SSSR count). The number of nitrogens with zero attached hydrogens (tertiary/aromatic N) is 2. The van der Waals surface area contributed by atoms with Gasteiger partial charge in [0.2, 0.25) is 5.78 Å². The van der Waals surface area contributed by atoms with E-state index < -0.39 is 0 Å². The highest BCUT2D eigenvalue weighted by atomic mass is 16.1. The zero-order valence-electron chi connectivity index (χ0n) is 7.69. The maximum absolute atomic E-state index is 11.4. The van der Waals surface area contributed by atoms with Crippen LogP contribution >= 0.6 is 0 Å². The molecule has 1 aliphatic heterocycles.